The lowest BCUT2D eigenvalue weighted by Gasteiger charge is -2.01. The summed E-state index contributed by atoms with van der Waals surface area (Å²) in [5, 5.41) is 8.84. The van der Waals surface area contributed by atoms with Gasteiger partial charge in [0.25, 0.3) is 5.82 Å². The fourth-order valence-corrected chi connectivity index (χ4v) is 1.53. The molecule has 80 valence electrons. The third-order valence-corrected chi connectivity index (χ3v) is 2.36. The molecule has 0 aliphatic carbocycles. The van der Waals surface area contributed by atoms with E-state index in [0.717, 1.165) is 12.2 Å². The molecule has 0 amide bonds. The monoisotopic (exact) mass is 208 g/mol. The number of rotatable bonds is 3. The molecular weight excluding hydrogens is 194 g/mol. The Morgan fingerprint density at radius 3 is 3.00 bits per heavy atom. The Morgan fingerprint density at radius 2 is 2.33 bits per heavy atom. The van der Waals surface area contributed by atoms with Gasteiger partial charge in [-0.2, -0.15) is 0 Å². The van der Waals surface area contributed by atoms with E-state index in [-0.39, 0.29) is 6.61 Å². The van der Waals surface area contributed by atoms with Gasteiger partial charge < -0.3 is 15.4 Å². The maximum atomic E-state index is 8.84. The van der Waals surface area contributed by atoms with Crippen LogP contribution in [0.15, 0.2) is 12.7 Å². The molecule has 0 atom stereocenters. The lowest BCUT2D eigenvalue weighted by atomic mass is 10.4. The van der Waals surface area contributed by atoms with Crippen LogP contribution in [0.3, 0.4) is 0 Å². The molecule has 15 heavy (non-hydrogen) atoms. The molecule has 2 heterocycles. The van der Waals surface area contributed by atoms with Crippen LogP contribution in [0.1, 0.15) is 6.92 Å². The average molecular weight is 208 g/mol. The molecule has 0 aromatic carbocycles. The number of hydrogen-bond acceptors (Lipinski definition) is 4. The van der Waals surface area contributed by atoms with Gasteiger partial charge in [0.05, 0.1) is 19.5 Å². The first-order chi connectivity index (χ1) is 7.27. The highest BCUT2D eigenvalue weighted by Gasteiger charge is 2.15. The maximum absolute atomic E-state index is 8.84. The summed E-state index contributed by atoms with van der Waals surface area (Å²) in [7, 11) is 0. The Labute approximate surface area is 87.0 Å². The van der Waals surface area contributed by atoms with Crippen LogP contribution in [0.25, 0.3) is 11.2 Å². The van der Waals surface area contributed by atoms with Crippen LogP contribution in [0, 0.1) is 0 Å². The number of nitrogens with two attached hydrogens (primary N) is 1. The van der Waals surface area contributed by atoms with E-state index < -0.39 is 0 Å². The van der Waals surface area contributed by atoms with Crippen LogP contribution >= 0.6 is 0 Å². The average Bonchev–Trinajstić information content (AvgIpc) is 2.66. The van der Waals surface area contributed by atoms with E-state index in [1.807, 2.05) is 11.5 Å². The van der Waals surface area contributed by atoms with Crippen LogP contribution in [0.4, 0.5) is 5.82 Å². The summed E-state index contributed by atoms with van der Waals surface area (Å²) in [5.41, 5.74) is 7.38. The molecular formula is C9H14N5O+. The molecule has 2 rings (SSSR count). The molecule has 0 saturated carbocycles. The number of nitrogens with zero attached hydrogens (tertiary/aromatic N) is 4. The van der Waals surface area contributed by atoms with Gasteiger partial charge >= 0.3 is 0 Å². The minimum absolute atomic E-state index is 0.0382. The Bertz CT molecular complexity index is 479. The largest absolute Gasteiger partial charge is 0.393 e. The van der Waals surface area contributed by atoms with Gasteiger partial charge in [-0.25, -0.2) is 9.55 Å². The molecule has 0 bridgehead atoms. The number of imidazole rings is 1. The lowest BCUT2D eigenvalue weighted by Crippen LogP contribution is -2.39. The zero-order chi connectivity index (χ0) is 10.8. The topological polar surface area (TPSA) is 80.8 Å². The Morgan fingerprint density at radius 1 is 1.53 bits per heavy atom. The van der Waals surface area contributed by atoms with Gasteiger partial charge in [0.1, 0.15) is 0 Å². The van der Waals surface area contributed by atoms with Gasteiger partial charge in [0, 0.05) is 6.54 Å². The summed E-state index contributed by atoms with van der Waals surface area (Å²) in [5.74, 6) is 0.543. The van der Waals surface area contributed by atoms with Crippen molar-refractivity contribution in [1.29, 1.82) is 0 Å². The molecule has 0 aliphatic rings. The molecule has 0 fully saturated rings. The molecule has 0 radical (unpaired) electrons. The van der Waals surface area contributed by atoms with Crippen LogP contribution < -0.4 is 10.3 Å². The predicted molar refractivity (Wildman–Crippen MR) is 54.9 cm³/mol. The Kier molecular flexibility index (Phi) is 2.51. The first-order valence-electron chi connectivity index (χ1n) is 4.87. The second-order valence-corrected chi connectivity index (χ2v) is 3.25. The highest BCUT2D eigenvalue weighted by Crippen LogP contribution is 2.12. The van der Waals surface area contributed by atoms with E-state index in [1.165, 1.54) is 0 Å². The van der Waals surface area contributed by atoms with Gasteiger partial charge in [-0.1, -0.05) is 4.98 Å². The van der Waals surface area contributed by atoms with Crippen LogP contribution in [-0.4, -0.2) is 26.2 Å². The number of nitrogen functional groups attached to an aromatic ring is 1. The van der Waals surface area contributed by atoms with Crippen molar-refractivity contribution >= 4 is 17.0 Å². The third-order valence-electron chi connectivity index (χ3n) is 2.36. The molecule has 6 nitrogen and oxygen atoms in total. The van der Waals surface area contributed by atoms with E-state index in [0.29, 0.717) is 17.9 Å². The summed E-state index contributed by atoms with van der Waals surface area (Å²) in [6, 6.07) is 0. The number of hydrogen-bond donors (Lipinski definition) is 2. The molecule has 3 N–H and O–H groups in total. The number of aliphatic hydroxyl groups excluding tert-OH is 1. The SMILES string of the molecule is CCn1cnc2c(N)[n+](CCO)cnc21. The van der Waals surface area contributed by atoms with Crippen LogP contribution in [0.2, 0.25) is 0 Å². The molecule has 6 heteroatoms. The standard InChI is InChI=1S/C9H13N5O/c1-2-13-5-11-7-8(10)14(3-4-15)6-12-9(7)13/h5-6,10,15H,2-4H2,1H3/p+1. The first-order valence-corrected chi connectivity index (χ1v) is 4.87. The number of aryl methyl sites for hydroxylation is 1. The summed E-state index contributed by atoms with van der Waals surface area (Å²) in [4.78, 5) is 8.47. The zero-order valence-corrected chi connectivity index (χ0v) is 8.59. The Hall–Kier alpha value is -1.69. The fourth-order valence-electron chi connectivity index (χ4n) is 1.53. The van der Waals surface area contributed by atoms with Crippen LogP contribution in [-0.2, 0) is 13.1 Å². The quantitative estimate of drug-likeness (QED) is 0.654. The summed E-state index contributed by atoms with van der Waals surface area (Å²) in [6.45, 7) is 3.31. The number of fused-ring (bicyclic) bond motifs is 1. The molecule has 0 unspecified atom stereocenters. The van der Waals surface area contributed by atoms with E-state index in [2.05, 4.69) is 9.97 Å². The third kappa shape index (κ3) is 1.52. The van der Waals surface area contributed by atoms with Crippen molar-refractivity contribution in [2.24, 2.45) is 0 Å². The second-order valence-electron chi connectivity index (χ2n) is 3.25. The zero-order valence-electron chi connectivity index (χ0n) is 8.59. The van der Waals surface area contributed by atoms with Gasteiger partial charge in [0.2, 0.25) is 12.0 Å². The number of aromatic nitrogens is 4. The van der Waals surface area contributed by atoms with Gasteiger partial charge in [-0.05, 0) is 6.92 Å². The molecule has 2 aromatic heterocycles. The van der Waals surface area contributed by atoms with Gasteiger partial charge in [-0.3, -0.25) is 0 Å². The van der Waals surface area contributed by atoms with Crippen molar-refractivity contribution in [3.05, 3.63) is 12.7 Å². The van der Waals surface area contributed by atoms with E-state index in [1.54, 1.807) is 17.2 Å². The van der Waals surface area contributed by atoms with E-state index in [9.17, 15) is 0 Å². The van der Waals surface area contributed by atoms with Crippen molar-refractivity contribution in [3.8, 4) is 0 Å². The fraction of sp³-hybridized carbons (Fsp3) is 0.444. The second kappa shape index (κ2) is 3.82. The van der Waals surface area contributed by atoms with Gasteiger partial charge in [0.15, 0.2) is 5.52 Å². The van der Waals surface area contributed by atoms with E-state index in [4.69, 9.17) is 10.8 Å². The van der Waals surface area contributed by atoms with Gasteiger partial charge in [-0.15, -0.1) is 0 Å². The molecule has 0 spiro atoms. The molecule has 0 aliphatic heterocycles. The Balaban J connectivity index is 2.59. The van der Waals surface area contributed by atoms with Crippen molar-refractivity contribution in [1.82, 2.24) is 14.5 Å². The predicted octanol–water partition coefficient (Wildman–Crippen LogP) is -0.687. The summed E-state index contributed by atoms with van der Waals surface area (Å²) in [6.07, 6.45) is 3.35. The normalized spacial score (nSPS) is 11.1. The number of aliphatic hydroxyl groups is 1. The van der Waals surface area contributed by atoms with E-state index >= 15 is 0 Å². The smallest absolute Gasteiger partial charge is 0.250 e. The lowest BCUT2D eigenvalue weighted by molar-refractivity contribution is -0.685. The van der Waals surface area contributed by atoms with Crippen molar-refractivity contribution in [2.75, 3.05) is 12.3 Å². The van der Waals surface area contributed by atoms with Crippen molar-refractivity contribution < 1.29 is 9.67 Å². The minimum Gasteiger partial charge on any atom is -0.393 e. The number of anilines is 1. The summed E-state index contributed by atoms with van der Waals surface area (Å²) >= 11 is 0. The summed E-state index contributed by atoms with van der Waals surface area (Å²) < 4.78 is 3.62. The molecule has 0 saturated heterocycles. The van der Waals surface area contributed by atoms with Crippen LogP contribution in [0.5, 0.6) is 0 Å². The van der Waals surface area contributed by atoms with Crippen molar-refractivity contribution in [2.45, 2.75) is 20.0 Å². The highest BCUT2D eigenvalue weighted by molar-refractivity contribution is 5.79. The maximum Gasteiger partial charge on any atom is 0.250 e. The minimum atomic E-state index is 0.0382. The highest BCUT2D eigenvalue weighted by atomic mass is 16.3. The molecule has 2 aromatic rings. The first kappa shape index (κ1) is 9.85. The van der Waals surface area contributed by atoms with Crippen molar-refractivity contribution in [3.63, 3.8) is 0 Å².